The first-order valence-corrected chi connectivity index (χ1v) is 5.62. The Morgan fingerprint density at radius 2 is 1.62 bits per heavy atom. The van der Waals surface area contributed by atoms with E-state index in [2.05, 4.69) is 25.7 Å². The van der Waals surface area contributed by atoms with Gasteiger partial charge in [0.15, 0.2) is 0 Å². The summed E-state index contributed by atoms with van der Waals surface area (Å²) in [4.78, 5) is 2.50. The molecule has 0 N–H and O–H groups in total. The zero-order valence-corrected chi connectivity index (χ0v) is 9.31. The van der Waals surface area contributed by atoms with Crippen LogP contribution in [0.25, 0.3) is 0 Å². The Morgan fingerprint density at radius 3 is 1.92 bits per heavy atom. The van der Waals surface area contributed by atoms with E-state index in [0.717, 1.165) is 6.61 Å². The highest BCUT2D eigenvalue weighted by molar-refractivity contribution is 4.87. The Hall–Kier alpha value is -0.0800. The van der Waals surface area contributed by atoms with Gasteiger partial charge in [0, 0.05) is 13.1 Å². The molecule has 78 valence electrons. The summed E-state index contributed by atoms with van der Waals surface area (Å²) in [6, 6.07) is 0. The van der Waals surface area contributed by atoms with E-state index in [0.29, 0.717) is 0 Å². The summed E-state index contributed by atoms with van der Waals surface area (Å²) < 4.78 is 5.48. The van der Waals surface area contributed by atoms with Crippen molar-refractivity contribution in [2.24, 2.45) is 0 Å². The summed E-state index contributed by atoms with van der Waals surface area (Å²) in [6.07, 6.45) is 5.14. The zero-order chi connectivity index (χ0) is 9.73. The standard InChI is InChI=1S/C11H23NO/c1-4-6-8-12(9-7-5-2)11(3)10-13-11/h4-10H2,1-3H3. The van der Waals surface area contributed by atoms with Gasteiger partial charge in [0.25, 0.3) is 0 Å². The normalized spacial score (nSPS) is 26.8. The molecule has 1 rings (SSSR count). The van der Waals surface area contributed by atoms with Crippen molar-refractivity contribution in [3.05, 3.63) is 0 Å². The van der Waals surface area contributed by atoms with Crippen molar-refractivity contribution in [1.82, 2.24) is 4.90 Å². The minimum Gasteiger partial charge on any atom is -0.354 e. The molecule has 13 heavy (non-hydrogen) atoms. The first-order valence-electron chi connectivity index (χ1n) is 5.62. The third kappa shape index (κ3) is 3.28. The lowest BCUT2D eigenvalue weighted by Gasteiger charge is -2.25. The highest BCUT2D eigenvalue weighted by atomic mass is 16.6. The van der Waals surface area contributed by atoms with Crippen LogP contribution in [-0.2, 0) is 4.74 Å². The van der Waals surface area contributed by atoms with Crippen LogP contribution in [0.1, 0.15) is 46.5 Å². The Kier molecular flexibility index (Phi) is 4.20. The highest BCUT2D eigenvalue weighted by Crippen LogP contribution is 2.30. The predicted octanol–water partition coefficient (Wildman–Crippen LogP) is 2.64. The zero-order valence-electron chi connectivity index (χ0n) is 9.31. The van der Waals surface area contributed by atoms with Crippen LogP contribution < -0.4 is 0 Å². The van der Waals surface area contributed by atoms with Crippen LogP contribution >= 0.6 is 0 Å². The minimum atomic E-state index is 0.102. The van der Waals surface area contributed by atoms with Crippen LogP contribution in [0.3, 0.4) is 0 Å². The fourth-order valence-electron chi connectivity index (χ4n) is 1.57. The molecule has 1 aliphatic rings. The van der Waals surface area contributed by atoms with Gasteiger partial charge in [0.2, 0.25) is 0 Å². The van der Waals surface area contributed by atoms with Gasteiger partial charge in [-0.25, -0.2) is 0 Å². The second-order valence-electron chi connectivity index (χ2n) is 4.16. The van der Waals surface area contributed by atoms with Crippen molar-refractivity contribution in [2.75, 3.05) is 19.7 Å². The SMILES string of the molecule is CCCCN(CCCC)C1(C)CO1. The van der Waals surface area contributed by atoms with Gasteiger partial charge >= 0.3 is 0 Å². The molecule has 0 aromatic carbocycles. The van der Waals surface area contributed by atoms with Crippen LogP contribution in [0.15, 0.2) is 0 Å². The third-order valence-corrected chi connectivity index (χ3v) is 2.79. The smallest absolute Gasteiger partial charge is 0.142 e. The monoisotopic (exact) mass is 185 g/mol. The number of epoxide rings is 1. The summed E-state index contributed by atoms with van der Waals surface area (Å²) >= 11 is 0. The van der Waals surface area contributed by atoms with Crippen LogP contribution in [0.4, 0.5) is 0 Å². The molecule has 1 atom stereocenters. The lowest BCUT2D eigenvalue weighted by molar-refractivity contribution is 0.0898. The van der Waals surface area contributed by atoms with Gasteiger partial charge < -0.3 is 4.74 Å². The molecule has 1 unspecified atom stereocenters. The number of rotatable bonds is 7. The molecule has 0 spiro atoms. The Morgan fingerprint density at radius 1 is 1.15 bits per heavy atom. The fourth-order valence-corrected chi connectivity index (χ4v) is 1.57. The molecule has 0 bridgehead atoms. The first-order chi connectivity index (χ1) is 6.23. The molecule has 1 fully saturated rings. The topological polar surface area (TPSA) is 15.8 Å². The molecule has 0 radical (unpaired) electrons. The van der Waals surface area contributed by atoms with Crippen molar-refractivity contribution in [3.63, 3.8) is 0 Å². The molecule has 0 saturated carbocycles. The van der Waals surface area contributed by atoms with Crippen LogP contribution in [0, 0.1) is 0 Å². The van der Waals surface area contributed by atoms with Gasteiger partial charge in [-0.05, 0) is 19.8 Å². The summed E-state index contributed by atoms with van der Waals surface area (Å²) in [5.41, 5.74) is 0.102. The van der Waals surface area contributed by atoms with Crippen molar-refractivity contribution >= 4 is 0 Å². The Balaban J connectivity index is 2.26. The maximum atomic E-state index is 5.48. The van der Waals surface area contributed by atoms with Crippen LogP contribution in [0.5, 0.6) is 0 Å². The van der Waals surface area contributed by atoms with E-state index in [9.17, 15) is 0 Å². The largest absolute Gasteiger partial charge is 0.354 e. The molecule has 2 heteroatoms. The quantitative estimate of drug-likeness (QED) is 0.567. The van der Waals surface area contributed by atoms with E-state index in [-0.39, 0.29) is 5.72 Å². The Bertz CT molecular complexity index is 135. The van der Waals surface area contributed by atoms with Crippen molar-refractivity contribution in [3.8, 4) is 0 Å². The molecule has 0 aliphatic carbocycles. The predicted molar refractivity (Wildman–Crippen MR) is 55.7 cm³/mol. The number of nitrogens with zero attached hydrogens (tertiary/aromatic N) is 1. The number of ether oxygens (including phenoxy) is 1. The number of unbranched alkanes of at least 4 members (excludes halogenated alkanes) is 2. The van der Waals surface area contributed by atoms with Gasteiger partial charge in [0.1, 0.15) is 5.72 Å². The van der Waals surface area contributed by atoms with E-state index in [1.54, 1.807) is 0 Å². The maximum absolute atomic E-state index is 5.48. The summed E-state index contributed by atoms with van der Waals surface area (Å²) in [6.45, 7) is 10.0. The second kappa shape index (κ2) is 4.97. The highest BCUT2D eigenvalue weighted by Gasteiger charge is 2.44. The van der Waals surface area contributed by atoms with Crippen molar-refractivity contribution in [2.45, 2.75) is 52.2 Å². The molecule has 2 nitrogen and oxygen atoms in total. The first kappa shape index (κ1) is 11.0. The molecule has 0 amide bonds. The van der Waals surface area contributed by atoms with Gasteiger partial charge in [-0.15, -0.1) is 0 Å². The summed E-state index contributed by atoms with van der Waals surface area (Å²) in [5.74, 6) is 0. The van der Waals surface area contributed by atoms with E-state index >= 15 is 0 Å². The average Bonchev–Trinajstić information content (AvgIpc) is 2.85. The summed E-state index contributed by atoms with van der Waals surface area (Å²) in [7, 11) is 0. The van der Waals surface area contributed by atoms with Crippen molar-refractivity contribution < 1.29 is 4.74 Å². The molecule has 0 aromatic rings. The molecule has 0 aromatic heterocycles. The van der Waals surface area contributed by atoms with Gasteiger partial charge in [-0.3, -0.25) is 4.90 Å². The third-order valence-electron chi connectivity index (χ3n) is 2.79. The van der Waals surface area contributed by atoms with Crippen LogP contribution in [-0.4, -0.2) is 30.3 Å². The molecular formula is C11H23NO. The molecular weight excluding hydrogens is 162 g/mol. The van der Waals surface area contributed by atoms with E-state index in [1.807, 2.05) is 0 Å². The maximum Gasteiger partial charge on any atom is 0.142 e. The number of hydrogen-bond donors (Lipinski definition) is 0. The van der Waals surface area contributed by atoms with Crippen LogP contribution in [0.2, 0.25) is 0 Å². The fraction of sp³-hybridized carbons (Fsp3) is 1.00. The lowest BCUT2D eigenvalue weighted by Crippen LogP contribution is -2.37. The van der Waals surface area contributed by atoms with E-state index in [1.165, 1.54) is 38.8 Å². The van der Waals surface area contributed by atoms with E-state index < -0.39 is 0 Å². The van der Waals surface area contributed by atoms with Gasteiger partial charge in [0.05, 0.1) is 6.61 Å². The molecule has 1 aliphatic heterocycles. The minimum absolute atomic E-state index is 0.102. The Labute approximate surface area is 82.3 Å². The average molecular weight is 185 g/mol. The number of hydrogen-bond acceptors (Lipinski definition) is 2. The lowest BCUT2D eigenvalue weighted by atomic mass is 10.2. The van der Waals surface area contributed by atoms with E-state index in [4.69, 9.17) is 4.74 Å². The van der Waals surface area contributed by atoms with Gasteiger partial charge in [-0.1, -0.05) is 26.7 Å². The van der Waals surface area contributed by atoms with Gasteiger partial charge in [-0.2, -0.15) is 0 Å². The second-order valence-corrected chi connectivity index (χ2v) is 4.16. The molecule has 1 saturated heterocycles. The molecule has 1 heterocycles. The summed E-state index contributed by atoms with van der Waals surface area (Å²) in [5, 5.41) is 0. The van der Waals surface area contributed by atoms with Crippen molar-refractivity contribution in [1.29, 1.82) is 0 Å².